The molecule has 88 valence electrons. The molecule has 4 heteroatoms. The molecule has 0 radical (unpaired) electrons. The van der Waals surface area contributed by atoms with Gasteiger partial charge in [-0.15, -0.1) is 11.8 Å². The van der Waals surface area contributed by atoms with Crippen LogP contribution in [0.5, 0.6) is 5.75 Å². The molecule has 0 spiro atoms. The molecule has 0 aliphatic rings. The van der Waals surface area contributed by atoms with Gasteiger partial charge >= 0.3 is 5.97 Å². The largest absolute Gasteiger partial charge is 0.496 e. The van der Waals surface area contributed by atoms with Crippen molar-refractivity contribution in [1.29, 1.82) is 0 Å². The zero-order chi connectivity index (χ0) is 12.0. The predicted octanol–water partition coefficient (Wildman–Crippen LogP) is 2.96. The van der Waals surface area contributed by atoms with Gasteiger partial charge in [-0.1, -0.05) is 0 Å². The monoisotopic (exact) mass is 240 g/mol. The van der Waals surface area contributed by atoms with Crippen LogP contribution in [0.25, 0.3) is 0 Å². The van der Waals surface area contributed by atoms with Crippen LogP contribution in [-0.4, -0.2) is 23.9 Å². The summed E-state index contributed by atoms with van der Waals surface area (Å²) < 4.78 is 5.17. The van der Waals surface area contributed by atoms with Gasteiger partial charge in [-0.05, 0) is 42.9 Å². The Hall–Kier alpha value is -1.16. The molecule has 0 heterocycles. The Morgan fingerprint density at radius 2 is 2.25 bits per heavy atom. The number of aryl methyl sites for hydroxylation is 1. The van der Waals surface area contributed by atoms with Gasteiger partial charge in [0.15, 0.2) is 0 Å². The quantitative estimate of drug-likeness (QED) is 0.613. The Morgan fingerprint density at radius 3 is 2.81 bits per heavy atom. The van der Waals surface area contributed by atoms with E-state index in [4.69, 9.17) is 9.84 Å². The van der Waals surface area contributed by atoms with Crippen LogP contribution in [0.3, 0.4) is 0 Å². The second kappa shape index (κ2) is 6.43. The molecular formula is C12H16O3S. The van der Waals surface area contributed by atoms with E-state index in [2.05, 4.69) is 6.07 Å². The summed E-state index contributed by atoms with van der Waals surface area (Å²) in [7, 11) is 1.65. The Balaban J connectivity index is 2.43. The van der Waals surface area contributed by atoms with E-state index in [1.165, 1.54) is 0 Å². The molecule has 1 rings (SSSR count). The average molecular weight is 240 g/mol. The molecule has 1 N–H and O–H groups in total. The maximum atomic E-state index is 10.3. The van der Waals surface area contributed by atoms with Crippen LogP contribution < -0.4 is 4.74 Å². The van der Waals surface area contributed by atoms with Crippen molar-refractivity contribution in [3.63, 3.8) is 0 Å². The fraction of sp³-hybridized carbons (Fsp3) is 0.417. The van der Waals surface area contributed by atoms with Gasteiger partial charge in [0.1, 0.15) is 5.75 Å². The summed E-state index contributed by atoms with van der Waals surface area (Å²) >= 11 is 1.68. The van der Waals surface area contributed by atoms with Gasteiger partial charge in [-0.2, -0.15) is 0 Å². The molecule has 1 aromatic carbocycles. The summed E-state index contributed by atoms with van der Waals surface area (Å²) in [5.41, 5.74) is 1.10. The Morgan fingerprint density at radius 1 is 1.50 bits per heavy atom. The lowest BCUT2D eigenvalue weighted by molar-refractivity contribution is -0.137. The van der Waals surface area contributed by atoms with Crippen LogP contribution in [0.4, 0.5) is 0 Å². The molecule has 0 fully saturated rings. The summed E-state index contributed by atoms with van der Waals surface area (Å²) in [6.07, 6.45) is 0.938. The number of carbonyl (C=O) groups is 1. The molecule has 0 aliphatic carbocycles. The Kier molecular flexibility index (Phi) is 5.19. The summed E-state index contributed by atoms with van der Waals surface area (Å²) in [5, 5.41) is 8.50. The summed E-state index contributed by atoms with van der Waals surface area (Å²) in [5.74, 6) is 0.985. The van der Waals surface area contributed by atoms with Crippen molar-refractivity contribution in [3.05, 3.63) is 23.8 Å². The van der Waals surface area contributed by atoms with Crippen molar-refractivity contribution in [3.8, 4) is 5.75 Å². The van der Waals surface area contributed by atoms with Gasteiger partial charge < -0.3 is 9.84 Å². The number of benzene rings is 1. The highest BCUT2D eigenvalue weighted by molar-refractivity contribution is 7.99. The highest BCUT2D eigenvalue weighted by Crippen LogP contribution is 2.25. The van der Waals surface area contributed by atoms with E-state index in [0.29, 0.717) is 6.42 Å². The first-order valence-electron chi connectivity index (χ1n) is 5.12. The van der Waals surface area contributed by atoms with Crippen LogP contribution >= 0.6 is 11.8 Å². The molecule has 3 nitrogen and oxygen atoms in total. The van der Waals surface area contributed by atoms with Crippen molar-refractivity contribution in [1.82, 2.24) is 0 Å². The number of methoxy groups -OCH3 is 1. The maximum Gasteiger partial charge on any atom is 0.303 e. The lowest BCUT2D eigenvalue weighted by Gasteiger charge is -2.06. The number of aliphatic carboxylic acids is 1. The molecule has 0 aliphatic heterocycles. The third-order valence-corrected chi connectivity index (χ3v) is 3.25. The smallest absolute Gasteiger partial charge is 0.303 e. The van der Waals surface area contributed by atoms with Crippen LogP contribution in [0.1, 0.15) is 18.4 Å². The Labute approximate surface area is 99.8 Å². The molecule has 0 amide bonds. The summed E-state index contributed by atoms with van der Waals surface area (Å²) in [6.45, 7) is 2.00. The number of thioether (sulfide) groups is 1. The van der Waals surface area contributed by atoms with Gasteiger partial charge in [0, 0.05) is 11.3 Å². The number of rotatable bonds is 6. The highest BCUT2D eigenvalue weighted by atomic mass is 32.2. The first kappa shape index (κ1) is 12.9. The SMILES string of the molecule is COc1ccc(SCCCC(=O)O)cc1C. The minimum absolute atomic E-state index is 0.238. The first-order chi connectivity index (χ1) is 7.63. The van der Waals surface area contributed by atoms with Gasteiger partial charge in [0.2, 0.25) is 0 Å². The van der Waals surface area contributed by atoms with E-state index < -0.39 is 5.97 Å². The van der Waals surface area contributed by atoms with Gasteiger partial charge in [0.25, 0.3) is 0 Å². The van der Waals surface area contributed by atoms with E-state index >= 15 is 0 Å². The normalized spacial score (nSPS) is 10.1. The minimum Gasteiger partial charge on any atom is -0.496 e. The fourth-order valence-electron chi connectivity index (χ4n) is 1.35. The topological polar surface area (TPSA) is 46.5 Å². The second-order valence-corrected chi connectivity index (χ2v) is 4.65. The van der Waals surface area contributed by atoms with Gasteiger partial charge in [-0.25, -0.2) is 0 Å². The maximum absolute atomic E-state index is 10.3. The molecule has 16 heavy (non-hydrogen) atoms. The number of carboxylic acids is 1. The molecule has 0 bridgehead atoms. The predicted molar refractivity (Wildman–Crippen MR) is 65.3 cm³/mol. The highest BCUT2D eigenvalue weighted by Gasteiger charge is 2.01. The molecule has 0 saturated carbocycles. The number of hydrogen-bond acceptors (Lipinski definition) is 3. The lowest BCUT2D eigenvalue weighted by Crippen LogP contribution is -1.94. The molecule has 0 unspecified atom stereocenters. The van der Waals surface area contributed by atoms with Crippen molar-refractivity contribution >= 4 is 17.7 Å². The van der Waals surface area contributed by atoms with Crippen molar-refractivity contribution in [2.24, 2.45) is 0 Å². The first-order valence-corrected chi connectivity index (χ1v) is 6.11. The molecule has 0 aromatic heterocycles. The van der Waals surface area contributed by atoms with E-state index in [-0.39, 0.29) is 6.42 Å². The molecule has 1 aromatic rings. The summed E-state index contributed by atoms with van der Waals surface area (Å²) in [6, 6.07) is 6.00. The Bertz CT molecular complexity index is 363. The van der Waals surface area contributed by atoms with Gasteiger partial charge in [0.05, 0.1) is 7.11 Å². The summed E-state index contributed by atoms with van der Waals surface area (Å²) in [4.78, 5) is 11.5. The second-order valence-electron chi connectivity index (χ2n) is 3.48. The van der Waals surface area contributed by atoms with Crippen LogP contribution in [0.2, 0.25) is 0 Å². The number of hydrogen-bond donors (Lipinski definition) is 1. The third kappa shape index (κ3) is 4.14. The molecule has 0 atom stereocenters. The van der Waals surface area contributed by atoms with E-state index in [1.807, 2.05) is 19.1 Å². The van der Waals surface area contributed by atoms with Crippen molar-refractivity contribution in [2.75, 3.05) is 12.9 Å². The molecule has 0 saturated heterocycles. The van der Waals surface area contributed by atoms with E-state index in [9.17, 15) is 4.79 Å². The minimum atomic E-state index is -0.730. The van der Waals surface area contributed by atoms with E-state index in [1.54, 1.807) is 18.9 Å². The third-order valence-electron chi connectivity index (χ3n) is 2.17. The average Bonchev–Trinajstić information content (AvgIpc) is 2.24. The zero-order valence-electron chi connectivity index (χ0n) is 9.53. The number of carboxylic acid groups (broad SMARTS) is 1. The fourth-order valence-corrected chi connectivity index (χ4v) is 2.30. The van der Waals surface area contributed by atoms with Crippen molar-refractivity contribution in [2.45, 2.75) is 24.7 Å². The van der Waals surface area contributed by atoms with E-state index in [0.717, 1.165) is 22.0 Å². The van der Waals surface area contributed by atoms with Crippen LogP contribution in [-0.2, 0) is 4.79 Å². The standard InChI is InChI=1S/C12H16O3S/c1-9-8-10(5-6-11(9)15-2)16-7-3-4-12(13)14/h5-6,8H,3-4,7H2,1-2H3,(H,13,14). The molecular weight excluding hydrogens is 224 g/mol. The number of ether oxygens (including phenoxy) is 1. The lowest BCUT2D eigenvalue weighted by atomic mass is 10.2. The van der Waals surface area contributed by atoms with Crippen LogP contribution in [0.15, 0.2) is 23.1 Å². The van der Waals surface area contributed by atoms with Gasteiger partial charge in [-0.3, -0.25) is 4.79 Å². The zero-order valence-corrected chi connectivity index (χ0v) is 10.3. The van der Waals surface area contributed by atoms with Crippen molar-refractivity contribution < 1.29 is 14.6 Å². The van der Waals surface area contributed by atoms with Crippen LogP contribution in [0, 0.1) is 6.92 Å².